The van der Waals surface area contributed by atoms with Gasteiger partial charge in [0.15, 0.2) is 0 Å². The van der Waals surface area contributed by atoms with Crippen LogP contribution in [0.4, 0.5) is 0 Å². The van der Waals surface area contributed by atoms with Crippen LogP contribution >= 0.6 is 0 Å². The van der Waals surface area contributed by atoms with Crippen LogP contribution in [-0.2, 0) is 11.8 Å². The lowest BCUT2D eigenvalue weighted by Crippen LogP contribution is -2.07. The highest BCUT2D eigenvalue weighted by Gasteiger charge is 2.20. The van der Waals surface area contributed by atoms with Crippen LogP contribution in [0.2, 0.25) is 0 Å². The lowest BCUT2D eigenvalue weighted by atomic mass is 9.98. The number of rotatable bonds is 7. The van der Waals surface area contributed by atoms with Crippen LogP contribution < -0.4 is 0 Å². The van der Waals surface area contributed by atoms with Gasteiger partial charge in [0.2, 0.25) is 0 Å². The molecule has 0 fully saturated rings. The highest BCUT2D eigenvalue weighted by Crippen LogP contribution is 2.23. The summed E-state index contributed by atoms with van der Waals surface area (Å²) >= 11 is 0. The maximum atomic E-state index is 11.6. The molecule has 102 valence electrons. The van der Waals surface area contributed by atoms with E-state index >= 15 is 0 Å². The van der Waals surface area contributed by atoms with Crippen molar-refractivity contribution in [3.63, 3.8) is 0 Å². The fourth-order valence-electron chi connectivity index (χ4n) is 2.00. The maximum Gasteiger partial charge on any atom is 0.378 e. The summed E-state index contributed by atoms with van der Waals surface area (Å²) in [6.45, 7) is 6.43. The maximum absolute atomic E-state index is 11.6. The van der Waals surface area contributed by atoms with E-state index in [4.69, 9.17) is 4.74 Å². The summed E-state index contributed by atoms with van der Waals surface area (Å²) in [6.07, 6.45) is 4.43. The molecule has 0 N–H and O–H groups in total. The van der Waals surface area contributed by atoms with Gasteiger partial charge >= 0.3 is 5.97 Å². The number of carbonyl (C=O) groups is 1. The molecule has 0 spiro atoms. The van der Waals surface area contributed by atoms with Gasteiger partial charge in [0.1, 0.15) is 5.82 Å². The molecule has 5 heteroatoms. The van der Waals surface area contributed by atoms with Gasteiger partial charge in [-0.1, -0.05) is 26.7 Å². The number of ether oxygens (including phenoxy) is 1. The van der Waals surface area contributed by atoms with Gasteiger partial charge in [-0.3, -0.25) is 4.68 Å². The standard InChI is InChI=1S/C13H23N3O2/c1-5-8-9-10(6-2)12-14-11(15-16(12)4)13(17)18-7-3/h10H,5-9H2,1-4H3. The molecule has 5 nitrogen and oxygen atoms in total. The lowest BCUT2D eigenvalue weighted by Gasteiger charge is -2.12. The van der Waals surface area contributed by atoms with Crippen molar-refractivity contribution in [2.75, 3.05) is 6.61 Å². The van der Waals surface area contributed by atoms with Crippen LogP contribution in [0.1, 0.15) is 68.8 Å². The van der Waals surface area contributed by atoms with Crippen LogP contribution in [0.15, 0.2) is 0 Å². The second kappa shape index (κ2) is 7.13. The highest BCUT2D eigenvalue weighted by atomic mass is 16.5. The van der Waals surface area contributed by atoms with Crippen LogP contribution in [0.25, 0.3) is 0 Å². The smallest absolute Gasteiger partial charge is 0.378 e. The fourth-order valence-corrected chi connectivity index (χ4v) is 2.00. The molecule has 0 saturated heterocycles. The van der Waals surface area contributed by atoms with E-state index in [9.17, 15) is 4.79 Å². The van der Waals surface area contributed by atoms with E-state index in [1.54, 1.807) is 11.6 Å². The number of hydrogen-bond donors (Lipinski definition) is 0. The van der Waals surface area contributed by atoms with Crippen molar-refractivity contribution in [1.29, 1.82) is 0 Å². The van der Waals surface area contributed by atoms with E-state index in [0.29, 0.717) is 12.5 Å². The van der Waals surface area contributed by atoms with Gasteiger partial charge in [-0.2, -0.15) is 0 Å². The number of hydrogen-bond acceptors (Lipinski definition) is 4. The minimum atomic E-state index is -0.440. The van der Waals surface area contributed by atoms with E-state index in [-0.39, 0.29) is 5.82 Å². The third kappa shape index (κ3) is 3.55. The van der Waals surface area contributed by atoms with Gasteiger partial charge < -0.3 is 4.74 Å². The van der Waals surface area contributed by atoms with E-state index in [1.165, 1.54) is 12.8 Å². The first-order valence-corrected chi connectivity index (χ1v) is 6.72. The number of unbranched alkanes of at least 4 members (excludes halogenated alkanes) is 1. The Hall–Kier alpha value is -1.39. The summed E-state index contributed by atoms with van der Waals surface area (Å²) in [5.74, 6) is 0.980. The molecule has 0 aromatic carbocycles. The Bertz CT molecular complexity index is 388. The van der Waals surface area contributed by atoms with E-state index in [0.717, 1.165) is 18.7 Å². The average molecular weight is 253 g/mol. The summed E-state index contributed by atoms with van der Waals surface area (Å²) in [5.41, 5.74) is 0. The molecule has 0 amide bonds. The number of carbonyl (C=O) groups excluding carboxylic acids is 1. The molecular weight excluding hydrogens is 230 g/mol. The number of aryl methyl sites for hydroxylation is 1. The van der Waals surface area contributed by atoms with Crippen LogP contribution in [0, 0.1) is 0 Å². The summed E-state index contributed by atoms with van der Waals surface area (Å²) in [6, 6.07) is 0. The first-order chi connectivity index (χ1) is 8.63. The topological polar surface area (TPSA) is 57.0 Å². The van der Waals surface area contributed by atoms with Gasteiger partial charge in [0, 0.05) is 13.0 Å². The van der Waals surface area contributed by atoms with Gasteiger partial charge in [-0.05, 0) is 19.8 Å². The zero-order valence-corrected chi connectivity index (χ0v) is 11.8. The normalized spacial score (nSPS) is 12.4. The summed E-state index contributed by atoms with van der Waals surface area (Å²) in [7, 11) is 1.83. The lowest BCUT2D eigenvalue weighted by molar-refractivity contribution is 0.0511. The Labute approximate surface area is 109 Å². The number of nitrogens with zero attached hydrogens (tertiary/aromatic N) is 3. The Balaban J connectivity index is 2.84. The summed E-state index contributed by atoms with van der Waals surface area (Å²) in [5, 5.41) is 4.14. The van der Waals surface area contributed by atoms with Gasteiger partial charge in [0.05, 0.1) is 6.61 Å². The van der Waals surface area contributed by atoms with Crippen molar-refractivity contribution in [2.24, 2.45) is 7.05 Å². The van der Waals surface area contributed by atoms with Gasteiger partial charge in [-0.15, -0.1) is 5.10 Å². The molecule has 1 heterocycles. The zero-order valence-electron chi connectivity index (χ0n) is 11.8. The molecule has 1 aromatic heterocycles. The fraction of sp³-hybridized carbons (Fsp3) is 0.769. The van der Waals surface area contributed by atoms with Crippen molar-refractivity contribution in [1.82, 2.24) is 14.8 Å². The predicted octanol–water partition coefficient (Wildman–Crippen LogP) is 2.68. The van der Waals surface area contributed by atoms with Crippen LogP contribution in [0.3, 0.4) is 0 Å². The Morgan fingerprint density at radius 2 is 2.11 bits per heavy atom. The molecular formula is C13H23N3O2. The largest absolute Gasteiger partial charge is 0.460 e. The van der Waals surface area contributed by atoms with Crippen molar-refractivity contribution < 1.29 is 9.53 Å². The quantitative estimate of drug-likeness (QED) is 0.701. The summed E-state index contributed by atoms with van der Waals surface area (Å²) in [4.78, 5) is 15.9. The number of esters is 1. The molecule has 1 aromatic rings. The molecule has 1 atom stereocenters. The summed E-state index contributed by atoms with van der Waals surface area (Å²) < 4.78 is 6.62. The SMILES string of the molecule is CCCCC(CC)c1nc(C(=O)OCC)nn1C. The first-order valence-electron chi connectivity index (χ1n) is 6.72. The van der Waals surface area contributed by atoms with Gasteiger partial charge in [-0.25, -0.2) is 9.78 Å². The predicted molar refractivity (Wildman–Crippen MR) is 69.5 cm³/mol. The third-order valence-corrected chi connectivity index (χ3v) is 3.02. The zero-order chi connectivity index (χ0) is 13.5. The van der Waals surface area contributed by atoms with E-state index in [1.807, 2.05) is 7.05 Å². The molecule has 18 heavy (non-hydrogen) atoms. The molecule has 0 bridgehead atoms. The van der Waals surface area contributed by atoms with Crippen molar-refractivity contribution >= 4 is 5.97 Å². The van der Waals surface area contributed by atoms with Crippen LogP contribution in [0.5, 0.6) is 0 Å². The Morgan fingerprint density at radius 1 is 1.39 bits per heavy atom. The Kier molecular flexibility index (Phi) is 5.82. The average Bonchev–Trinajstić information content (AvgIpc) is 2.73. The molecule has 0 aliphatic rings. The second-order valence-corrected chi connectivity index (χ2v) is 4.39. The molecule has 0 saturated carbocycles. The molecule has 1 unspecified atom stereocenters. The van der Waals surface area contributed by atoms with Crippen molar-refractivity contribution in [3.05, 3.63) is 11.6 Å². The highest BCUT2D eigenvalue weighted by molar-refractivity contribution is 5.84. The van der Waals surface area contributed by atoms with Crippen LogP contribution in [-0.4, -0.2) is 27.3 Å². The van der Waals surface area contributed by atoms with Crippen molar-refractivity contribution in [3.8, 4) is 0 Å². The Morgan fingerprint density at radius 3 is 2.67 bits per heavy atom. The van der Waals surface area contributed by atoms with E-state index in [2.05, 4.69) is 23.9 Å². The minimum absolute atomic E-state index is 0.171. The first kappa shape index (κ1) is 14.7. The van der Waals surface area contributed by atoms with Crippen molar-refractivity contribution in [2.45, 2.75) is 52.4 Å². The molecule has 1 rings (SSSR count). The molecule has 0 radical (unpaired) electrons. The van der Waals surface area contributed by atoms with Gasteiger partial charge in [0.25, 0.3) is 5.82 Å². The minimum Gasteiger partial charge on any atom is -0.460 e. The third-order valence-electron chi connectivity index (χ3n) is 3.02. The molecule has 0 aliphatic heterocycles. The number of aromatic nitrogens is 3. The van der Waals surface area contributed by atoms with E-state index < -0.39 is 5.97 Å². The molecule has 0 aliphatic carbocycles. The second-order valence-electron chi connectivity index (χ2n) is 4.39. The monoisotopic (exact) mass is 253 g/mol.